The molecule has 0 spiro atoms. The standard InChI is InChI=1S/C24H21N3O2/c1-17-7-6-8-18(15-17)23-22(16-27(26-23)20-9-4-3-5-10-20)24(28)25-19-11-13-21(29-2)14-12-19/h3-16H,1-2H3,(H,25,28). The second-order valence-corrected chi connectivity index (χ2v) is 6.72. The smallest absolute Gasteiger partial charge is 0.259 e. The summed E-state index contributed by atoms with van der Waals surface area (Å²) in [6, 6.07) is 25.0. The van der Waals surface area contributed by atoms with Crippen LogP contribution in [0.25, 0.3) is 16.9 Å². The molecule has 0 aliphatic carbocycles. The van der Waals surface area contributed by atoms with Crippen LogP contribution in [0.4, 0.5) is 5.69 Å². The van der Waals surface area contributed by atoms with E-state index in [0.29, 0.717) is 16.9 Å². The van der Waals surface area contributed by atoms with Crippen molar-refractivity contribution in [1.82, 2.24) is 9.78 Å². The molecule has 0 saturated heterocycles. The number of aromatic nitrogens is 2. The first-order chi connectivity index (χ1) is 14.1. The predicted octanol–water partition coefficient (Wildman–Crippen LogP) is 5.11. The van der Waals surface area contributed by atoms with Gasteiger partial charge < -0.3 is 10.1 Å². The van der Waals surface area contributed by atoms with Crippen molar-refractivity contribution in [3.63, 3.8) is 0 Å². The van der Waals surface area contributed by atoms with Crippen LogP contribution < -0.4 is 10.1 Å². The van der Waals surface area contributed by atoms with E-state index in [0.717, 1.165) is 22.6 Å². The number of carbonyl (C=O) groups excluding carboxylic acids is 1. The van der Waals surface area contributed by atoms with Crippen LogP contribution in [-0.2, 0) is 0 Å². The van der Waals surface area contributed by atoms with Crippen LogP contribution >= 0.6 is 0 Å². The Bertz CT molecular complexity index is 1130. The van der Waals surface area contributed by atoms with Gasteiger partial charge in [0.15, 0.2) is 0 Å². The Morgan fingerprint density at radius 2 is 1.72 bits per heavy atom. The number of nitrogens with one attached hydrogen (secondary N) is 1. The summed E-state index contributed by atoms with van der Waals surface area (Å²) in [7, 11) is 1.61. The minimum atomic E-state index is -0.214. The maximum absolute atomic E-state index is 13.1. The first-order valence-corrected chi connectivity index (χ1v) is 9.31. The molecule has 5 nitrogen and oxygen atoms in total. The molecule has 4 aromatic rings. The Kier molecular flexibility index (Phi) is 5.12. The van der Waals surface area contributed by atoms with Gasteiger partial charge in [0.05, 0.1) is 18.4 Å². The molecule has 0 saturated carbocycles. The number of methoxy groups -OCH3 is 1. The summed E-state index contributed by atoms with van der Waals surface area (Å²) in [5.41, 5.74) is 4.75. The molecule has 1 amide bonds. The number of hydrogen-bond acceptors (Lipinski definition) is 3. The zero-order chi connectivity index (χ0) is 20.2. The number of para-hydroxylation sites is 1. The molecule has 144 valence electrons. The average molecular weight is 383 g/mol. The topological polar surface area (TPSA) is 56.1 Å². The highest BCUT2D eigenvalue weighted by Crippen LogP contribution is 2.26. The van der Waals surface area contributed by atoms with E-state index < -0.39 is 0 Å². The molecule has 0 aliphatic rings. The Labute approximate surface area is 169 Å². The molecule has 3 aromatic carbocycles. The quantitative estimate of drug-likeness (QED) is 0.521. The maximum Gasteiger partial charge on any atom is 0.259 e. The molecule has 1 aromatic heterocycles. The van der Waals surface area contributed by atoms with Crippen molar-refractivity contribution < 1.29 is 9.53 Å². The lowest BCUT2D eigenvalue weighted by Gasteiger charge is -2.07. The number of hydrogen-bond donors (Lipinski definition) is 1. The monoisotopic (exact) mass is 383 g/mol. The van der Waals surface area contributed by atoms with Crippen molar-refractivity contribution >= 4 is 11.6 Å². The molecule has 1 N–H and O–H groups in total. The fourth-order valence-electron chi connectivity index (χ4n) is 3.13. The molecule has 29 heavy (non-hydrogen) atoms. The number of ether oxygens (including phenoxy) is 1. The molecular weight excluding hydrogens is 362 g/mol. The molecule has 0 fully saturated rings. The molecular formula is C24H21N3O2. The van der Waals surface area contributed by atoms with Gasteiger partial charge in [-0.05, 0) is 49.4 Å². The van der Waals surface area contributed by atoms with Gasteiger partial charge in [-0.2, -0.15) is 5.10 Å². The number of anilines is 1. The fourth-order valence-corrected chi connectivity index (χ4v) is 3.13. The minimum absolute atomic E-state index is 0.214. The third-order valence-corrected chi connectivity index (χ3v) is 4.62. The second-order valence-electron chi connectivity index (χ2n) is 6.72. The summed E-state index contributed by atoms with van der Waals surface area (Å²) in [6.45, 7) is 2.02. The van der Waals surface area contributed by atoms with E-state index in [4.69, 9.17) is 9.84 Å². The van der Waals surface area contributed by atoms with Gasteiger partial charge in [0.2, 0.25) is 0 Å². The lowest BCUT2D eigenvalue weighted by atomic mass is 10.1. The highest BCUT2D eigenvalue weighted by molar-refractivity contribution is 6.08. The number of nitrogens with zero attached hydrogens (tertiary/aromatic N) is 2. The summed E-state index contributed by atoms with van der Waals surface area (Å²) in [5, 5.41) is 7.67. The van der Waals surface area contributed by atoms with Crippen LogP contribution in [-0.4, -0.2) is 22.8 Å². The summed E-state index contributed by atoms with van der Waals surface area (Å²) < 4.78 is 6.91. The van der Waals surface area contributed by atoms with Gasteiger partial charge in [0.1, 0.15) is 11.4 Å². The predicted molar refractivity (Wildman–Crippen MR) is 115 cm³/mol. The van der Waals surface area contributed by atoms with Gasteiger partial charge in [-0.1, -0.05) is 42.0 Å². The minimum Gasteiger partial charge on any atom is -0.497 e. The molecule has 1 heterocycles. The SMILES string of the molecule is COc1ccc(NC(=O)c2cn(-c3ccccc3)nc2-c2cccc(C)c2)cc1. The van der Waals surface area contributed by atoms with E-state index in [9.17, 15) is 4.79 Å². The average Bonchev–Trinajstić information content (AvgIpc) is 3.21. The Hall–Kier alpha value is -3.86. The van der Waals surface area contributed by atoms with Crippen LogP contribution in [0.1, 0.15) is 15.9 Å². The van der Waals surface area contributed by atoms with Crippen LogP contribution in [0.2, 0.25) is 0 Å². The van der Waals surface area contributed by atoms with Gasteiger partial charge in [-0.15, -0.1) is 0 Å². The van der Waals surface area contributed by atoms with E-state index in [1.54, 1.807) is 18.0 Å². The Morgan fingerprint density at radius 1 is 0.966 bits per heavy atom. The largest absolute Gasteiger partial charge is 0.497 e. The Balaban J connectivity index is 1.73. The van der Waals surface area contributed by atoms with Crippen molar-refractivity contribution in [2.45, 2.75) is 6.92 Å². The zero-order valence-electron chi connectivity index (χ0n) is 16.3. The number of amides is 1. The van der Waals surface area contributed by atoms with Crippen LogP contribution in [0.3, 0.4) is 0 Å². The molecule has 4 rings (SSSR count). The van der Waals surface area contributed by atoms with E-state index in [2.05, 4.69) is 5.32 Å². The zero-order valence-corrected chi connectivity index (χ0v) is 16.3. The summed E-state index contributed by atoms with van der Waals surface area (Å²) >= 11 is 0. The Morgan fingerprint density at radius 3 is 2.41 bits per heavy atom. The lowest BCUT2D eigenvalue weighted by molar-refractivity contribution is 0.102. The molecule has 0 aliphatic heterocycles. The highest BCUT2D eigenvalue weighted by atomic mass is 16.5. The van der Waals surface area contributed by atoms with Crippen LogP contribution in [0.15, 0.2) is 85.1 Å². The van der Waals surface area contributed by atoms with Crippen LogP contribution in [0, 0.1) is 6.92 Å². The first kappa shape index (κ1) is 18.5. The van der Waals surface area contributed by atoms with Crippen molar-refractivity contribution in [3.8, 4) is 22.7 Å². The van der Waals surface area contributed by atoms with Crippen molar-refractivity contribution in [1.29, 1.82) is 0 Å². The summed E-state index contributed by atoms with van der Waals surface area (Å²) in [6.07, 6.45) is 1.77. The summed E-state index contributed by atoms with van der Waals surface area (Å²) in [4.78, 5) is 13.1. The molecule has 0 bridgehead atoms. The van der Waals surface area contributed by atoms with Gasteiger partial charge in [0.25, 0.3) is 5.91 Å². The van der Waals surface area contributed by atoms with Gasteiger partial charge in [0, 0.05) is 17.4 Å². The third kappa shape index (κ3) is 4.04. The van der Waals surface area contributed by atoms with E-state index in [-0.39, 0.29) is 5.91 Å². The number of rotatable bonds is 5. The van der Waals surface area contributed by atoms with Crippen LogP contribution in [0.5, 0.6) is 5.75 Å². The third-order valence-electron chi connectivity index (χ3n) is 4.62. The normalized spacial score (nSPS) is 10.6. The fraction of sp³-hybridized carbons (Fsp3) is 0.0833. The number of benzene rings is 3. The second kappa shape index (κ2) is 8.02. The van der Waals surface area contributed by atoms with Gasteiger partial charge in [-0.25, -0.2) is 4.68 Å². The highest BCUT2D eigenvalue weighted by Gasteiger charge is 2.19. The van der Waals surface area contributed by atoms with Crippen molar-refractivity contribution in [3.05, 3.63) is 96.2 Å². The van der Waals surface area contributed by atoms with Crippen molar-refractivity contribution in [2.24, 2.45) is 0 Å². The lowest BCUT2D eigenvalue weighted by Crippen LogP contribution is -2.12. The summed E-state index contributed by atoms with van der Waals surface area (Å²) in [5.74, 6) is 0.522. The molecule has 0 atom stereocenters. The number of carbonyl (C=O) groups is 1. The van der Waals surface area contributed by atoms with Gasteiger partial charge >= 0.3 is 0 Å². The first-order valence-electron chi connectivity index (χ1n) is 9.31. The van der Waals surface area contributed by atoms with E-state index in [1.807, 2.05) is 85.8 Å². The van der Waals surface area contributed by atoms with E-state index in [1.165, 1.54) is 0 Å². The maximum atomic E-state index is 13.1. The van der Waals surface area contributed by atoms with E-state index >= 15 is 0 Å². The number of aryl methyl sites for hydroxylation is 1. The van der Waals surface area contributed by atoms with Crippen molar-refractivity contribution in [2.75, 3.05) is 12.4 Å². The molecule has 0 unspecified atom stereocenters. The van der Waals surface area contributed by atoms with Gasteiger partial charge in [-0.3, -0.25) is 4.79 Å². The molecule has 0 radical (unpaired) electrons. The molecule has 5 heteroatoms.